The zero-order valence-electron chi connectivity index (χ0n) is 10.6. The topological polar surface area (TPSA) is 49.4 Å². The van der Waals surface area contributed by atoms with E-state index in [1.54, 1.807) is 0 Å². The van der Waals surface area contributed by atoms with Crippen LogP contribution in [0.15, 0.2) is 18.2 Å². The molecule has 1 aliphatic heterocycles. The normalized spacial score (nSPS) is 18.5. The summed E-state index contributed by atoms with van der Waals surface area (Å²) in [5, 5.41) is 3.37. The van der Waals surface area contributed by atoms with Crippen LogP contribution in [-0.4, -0.2) is 26.8 Å². The molecule has 0 spiro atoms. The van der Waals surface area contributed by atoms with E-state index in [9.17, 15) is 8.42 Å². The Hall–Kier alpha value is -1.23. The van der Waals surface area contributed by atoms with Gasteiger partial charge >= 0.3 is 0 Å². The minimum Gasteiger partial charge on any atom is -0.377 e. The summed E-state index contributed by atoms with van der Waals surface area (Å²) in [4.78, 5) is 0. The Morgan fingerprint density at radius 2 is 2.00 bits per heavy atom. The maximum absolute atomic E-state index is 11.8. The second-order valence-electron chi connectivity index (χ2n) is 5.30. The molecular formula is C12H18N2O2S. The van der Waals surface area contributed by atoms with Crippen LogP contribution in [0.2, 0.25) is 0 Å². The van der Waals surface area contributed by atoms with Crippen LogP contribution in [0.1, 0.15) is 19.4 Å². The molecule has 0 saturated carbocycles. The second kappa shape index (κ2) is 3.63. The molecule has 0 bridgehead atoms. The molecule has 0 fully saturated rings. The van der Waals surface area contributed by atoms with E-state index in [0.717, 1.165) is 16.9 Å². The zero-order valence-corrected chi connectivity index (χ0v) is 11.4. The lowest BCUT2D eigenvalue weighted by Gasteiger charge is -2.40. The molecule has 1 N–H and O–H groups in total. The largest absolute Gasteiger partial charge is 0.377 e. The van der Waals surface area contributed by atoms with Crippen LogP contribution in [0.5, 0.6) is 0 Å². The van der Waals surface area contributed by atoms with Crippen LogP contribution in [0.3, 0.4) is 0 Å². The standard InChI is InChI=1S/C12H18N2O2S/c1-9-5-6-11-10(7-9)13-12(2,3)8-14(11)17(4,15)16/h5-7,13H,8H2,1-4H3. The van der Waals surface area contributed by atoms with E-state index in [1.165, 1.54) is 10.6 Å². The predicted molar refractivity (Wildman–Crippen MR) is 71.1 cm³/mol. The quantitative estimate of drug-likeness (QED) is 0.833. The van der Waals surface area contributed by atoms with Gasteiger partial charge in [-0.1, -0.05) is 6.07 Å². The summed E-state index contributed by atoms with van der Waals surface area (Å²) in [5.74, 6) is 0. The third kappa shape index (κ3) is 2.39. The van der Waals surface area contributed by atoms with Gasteiger partial charge in [-0.15, -0.1) is 0 Å². The molecule has 0 unspecified atom stereocenters. The highest BCUT2D eigenvalue weighted by Crippen LogP contribution is 2.36. The molecular weight excluding hydrogens is 236 g/mol. The Morgan fingerprint density at radius 1 is 1.35 bits per heavy atom. The first-order valence-electron chi connectivity index (χ1n) is 5.56. The molecule has 5 heteroatoms. The predicted octanol–water partition coefficient (Wildman–Crippen LogP) is 1.97. The molecule has 1 aliphatic rings. The molecule has 94 valence electrons. The average molecular weight is 254 g/mol. The average Bonchev–Trinajstić information content (AvgIpc) is 2.12. The lowest BCUT2D eigenvalue weighted by molar-refractivity contribution is 0.546. The fourth-order valence-electron chi connectivity index (χ4n) is 2.11. The first kappa shape index (κ1) is 12.2. The molecule has 1 aromatic rings. The lowest BCUT2D eigenvalue weighted by atomic mass is 10.0. The summed E-state index contributed by atoms with van der Waals surface area (Å²) in [7, 11) is -3.23. The Kier molecular flexibility index (Phi) is 2.61. The van der Waals surface area contributed by atoms with E-state index >= 15 is 0 Å². The number of sulfonamides is 1. The van der Waals surface area contributed by atoms with Crippen LogP contribution < -0.4 is 9.62 Å². The van der Waals surface area contributed by atoms with Gasteiger partial charge in [0.2, 0.25) is 10.0 Å². The van der Waals surface area contributed by atoms with Crippen molar-refractivity contribution in [3.63, 3.8) is 0 Å². The molecule has 0 aromatic heterocycles. The number of nitrogens with one attached hydrogen (secondary N) is 1. The SMILES string of the molecule is Cc1ccc2c(c1)NC(C)(C)CN2S(C)(=O)=O. The van der Waals surface area contributed by atoms with Crippen molar-refractivity contribution in [1.29, 1.82) is 0 Å². The number of anilines is 2. The Bertz CT molecular complexity index is 550. The molecule has 4 nitrogen and oxygen atoms in total. The van der Waals surface area contributed by atoms with Gasteiger partial charge in [0.25, 0.3) is 0 Å². The third-order valence-corrected chi connectivity index (χ3v) is 3.96. The van der Waals surface area contributed by atoms with E-state index in [4.69, 9.17) is 0 Å². The highest BCUT2D eigenvalue weighted by molar-refractivity contribution is 7.92. The highest BCUT2D eigenvalue weighted by atomic mass is 32.2. The number of benzene rings is 1. The van der Waals surface area contributed by atoms with E-state index in [2.05, 4.69) is 5.32 Å². The lowest BCUT2D eigenvalue weighted by Crippen LogP contribution is -2.50. The van der Waals surface area contributed by atoms with Crippen molar-refractivity contribution in [2.45, 2.75) is 26.3 Å². The van der Waals surface area contributed by atoms with Gasteiger partial charge in [0.05, 0.1) is 29.7 Å². The van der Waals surface area contributed by atoms with Crippen molar-refractivity contribution in [3.05, 3.63) is 23.8 Å². The number of nitrogens with zero attached hydrogens (tertiary/aromatic N) is 1. The highest BCUT2D eigenvalue weighted by Gasteiger charge is 2.33. The van der Waals surface area contributed by atoms with Crippen molar-refractivity contribution in [3.8, 4) is 0 Å². The molecule has 0 saturated heterocycles. The molecule has 1 aromatic carbocycles. The van der Waals surface area contributed by atoms with Crippen LogP contribution in [0.4, 0.5) is 11.4 Å². The van der Waals surface area contributed by atoms with Crippen molar-refractivity contribution in [1.82, 2.24) is 0 Å². The molecule has 2 rings (SSSR count). The summed E-state index contributed by atoms with van der Waals surface area (Å²) < 4.78 is 25.1. The summed E-state index contributed by atoms with van der Waals surface area (Å²) in [6.45, 7) is 6.43. The van der Waals surface area contributed by atoms with E-state index < -0.39 is 10.0 Å². The maximum atomic E-state index is 11.8. The summed E-state index contributed by atoms with van der Waals surface area (Å²) >= 11 is 0. The van der Waals surface area contributed by atoms with E-state index in [0.29, 0.717) is 6.54 Å². The fourth-order valence-corrected chi connectivity index (χ4v) is 3.19. The number of fused-ring (bicyclic) bond motifs is 1. The van der Waals surface area contributed by atoms with Crippen LogP contribution in [-0.2, 0) is 10.0 Å². The third-order valence-electron chi connectivity index (χ3n) is 2.83. The smallest absolute Gasteiger partial charge is 0.232 e. The van der Waals surface area contributed by atoms with Crippen molar-refractivity contribution in [2.24, 2.45) is 0 Å². The van der Waals surface area contributed by atoms with Crippen LogP contribution in [0, 0.1) is 6.92 Å². The van der Waals surface area contributed by atoms with Gasteiger partial charge in [0.15, 0.2) is 0 Å². The molecule has 0 atom stereocenters. The maximum Gasteiger partial charge on any atom is 0.232 e. The Labute approximate surface area is 103 Å². The van der Waals surface area contributed by atoms with Crippen LogP contribution >= 0.6 is 0 Å². The van der Waals surface area contributed by atoms with Gasteiger partial charge < -0.3 is 5.32 Å². The molecule has 17 heavy (non-hydrogen) atoms. The first-order valence-corrected chi connectivity index (χ1v) is 7.40. The van der Waals surface area contributed by atoms with Gasteiger partial charge in [-0.3, -0.25) is 4.31 Å². The van der Waals surface area contributed by atoms with E-state index in [1.807, 2.05) is 39.0 Å². The number of rotatable bonds is 1. The Balaban J connectivity index is 2.59. The van der Waals surface area contributed by atoms with Gasteiger partial charge in [0, 0.05) is 0 Å². The minimum absolute atomic E-state index is 0.260. The second-order valence-corrected chi connectivity index (χ2v) is 7.21. The minimum atomic E-state index is -3.23. The molecule has 0 amide bonds. The fraction of sp³-hybridized carbons (Fsp3) is 0.500. The number of hydrogen-bond donors (Lipinski definition) is 1. The monoisotopic (exact) mass is 254 g/mol. The van der Waals surface area contributed by atoms with Gasteiger partial charge in [0.1, 0.15) is 0 Å². The Morgan fingerprint density at radius 3 is 2.59 bits per heavy atom. The first-order chi connectivity index (χ1) is 7.69. The van der Waals surface area contributed by atoms with Crippen molar-refractivity contribution >= 4 is 21.4 Å². The molecule has 0 aliphatic carbocycles. The summed E-state index contributed by atoms with van der Waals surface area (Å²) in [6.07, 6.45) is 1.25. The summed E-state index contributed by atoms with van der Waals surface area (Å²) in [6, 6.07) is 5.76. The molecule has 0 radical (unpaired) electrons. The van der Waals surface area contributed by atoms with Gasteiger partial charge in [-0.05, 0) is 38.5 Å². The zero-order chi connectivity index (χ0) is 12.8. The van der Waals surface area contributed by atoms with Crippen molar-refractivity contribution < 1.29 is 8.42 Å². The van der Waals surface area contributed by atoms with Crippen LogP contribution in [0.25, 0.3) is 0 Å². The number of hydrogen-bond acceptors (Lipinski definition) is 3. The summed E-state index contributed by atoms with van der Waals surface area (Å²) in [5.41, 5.74) is 2.47. The van der Waals surface area contributed by atoms with Gasteiger partial charge in [-0.2, -0.15) is 0 Å². The van der Waals surface area contributed by atoms with Crippen molar-refractivity contribution in [2.75, 3.05) is 22.4 Å². The molecule has 1 heterocycles. The van der Waals surface area contributed by atoms with Gasteiger partial charge in [-0.25, -0.2) is 8.42 Å². The number of aryl methyl sites for hydroxylation is 1. The van der Waals surface area contributed by atoms with E-state index in [-0.39, 0.29) is 5.54 Å².